The van der Waals surface area contributed by atoms with Crippen molar-refractivity contribution in [3.63, 3.8) is 0 Å². The van der Waals surface area contributed by atoms with Gasteiger partial charge in [0, 0.05) is 29.0 Å². The van der Waals surface area contributed by atoms with Gasteiger partial charge in [-0.15, -0.1) is 15.3 Å². The van der Waals surface area contributed by atoms with Crippen LogP contribution in [0.15, 0.2) is 47.1 Å². The SMILES string of the molecule is Fc1cc(-c2cn(Cc3ccc(-c4nnc(C(F)F)o4)cc3F)nn2)ccn1. The highest BCUT2D eigenvalue weighted by Crippen LogP contribution is 2.25. The second kappa shape index (κ2) is 7.18. The van der Waals surface area contributed by atoms with Crippen molar-refractivity contribution in [3.05, 3.63) is 65.9 Å². The van der Waals surface area contributed by atoms with E-state index in [9.17, 15) is 17.6 Å². The molecule has 142 valence electrons. The van der Waals surface area contributed by atoms with E-state index in [-0.39, 0.29) is 23.6 Å². The Morgan fingerprint density at radius 3 is 2.57 bits per heavy atom. The normalized spacial score (nSPS) is 11.3. The summed E-state index contributed by atoms with van der Waals surface area (Å²) in [7, 11) is 0. The van der Waals surface area contributed by atoms with E-state index in [0.717, 1.165) is 6.07 Å². The minimum atomic E-state index is -2.90. The molecule has 0 aliphatic rings. The number of halogens is 4. The van der Waals surface area contributed by atoms with Gasteiger partial charge in [-0.2, -0.15) is 13.2 Å². The topological polar surface area (TPSA) is 82.5 Å². The van der Waals surface area contributed by atoms with Gasteiger partial charge in [0.2, 0.25) is 11.8 Å². The molecule has 0 aliphatic carbocycles. The third-order valence-electron chi connectivity index (χ3n) is 3.82. The predicted octanol–water partition coefficient (Wildman–Crippen LogP) is 3.65. The van der Waals surface area contributed by atoms with Crippen LogP contribution < -0.4 is 0 Å². The van der Waals surface area contributed by atoms with Gasteiger partial charge in [-0.3, -0.25) is 0 Å². The Balaban J connectivity index is 1.54. The molecule has 0 saturated heterocycles. The Labute approximate surface area is 154 Å². The van der Waals surface area contributed by atoms with Gasteiger partial charge in [0.25, 0.3) is 5.89 Å². The molecular weight excluding hydrogens is 380 g/mol. The van der Waals surface area contributed by atoms with E-state index in [0.29, 0.717) is 11.3 Å². The highest BCUT2D eigenvalue weighted by molar-refractivity contribution is 5.56. The maximum atomic E-state index is 14.4. The molecule has 0 radical (unpaired) electrons. The van der Waals surface area contributed by atoms with Gasteiger partial charge in [-0.05, 0) is 18.2 Å². The Hall–Kier alpha value is -3.63. The molecule has 0 bridgehead atoms. The van der Waals surface area contributed by atoms with E-state index in [2.05, 4.69) is 25.5 Å². The first-order valence-corrected chi connectivity index (χ1v) is 7.92. The van der Waals surface area contributed by atoms with Gasteiger partial charge in [-0.1, -0.05) is 11.3 Å². The largest absolute Gasteiger partial charge is 0.415 e. The third-order valence-corrected chi connectivity index (χ3v) is 3.82. The molecule has 4 rings (SSSR count). The fourth-order valence-electron chi connectivity index (χ4n) is 2.49. The molecule has 0 spiro atoms. The molecule has 3 heterocycles. The van der Waals surface area contributed by atoms with Crippen molar-refractivity contribution in [2.24, 2.45) is 0 Å². The number of hydrogen-bond donors (Lipinski definition) is 0. The number of benzene rings is 1. The number of nitrogens with zero attached hydrogens (tertiary/aromatic N) is 6. The first-order valence-electron chi connectivity index (χ1n) is 7.92. The molecule has 4 aromatic rings. The summed E-state index contributed by atoms with van der Waals surface area (Å²) in [5.41, 5.74) is 1.34. The number of pyridine rings is 1. The van der Waals surface area contributed by atoms with Gasteiger partial charge in [0.05, 0.1) is 12.7 Å². The standard InChI is InChI=1S/C17H10F4N6O/c18-12-5-10(16-24-25-17(28-16)15(20)21)1-2-11(12)7-27-8-13(23-26-27)9-3-4-22-14(19)6-9/h1-6,8,15H,7H2. The molecule has 0 atom stereocenters. The van der Waals surface area contributed by atoms with Crippen LogP contribution in [0.3, 0.4) is 0 Å². The molecular formula is C17H10F4N6O. The average Bonchev–Trinajstić information content (AvgIpc) is 3.33. The minimum Gasteiger partial charge on any atom is -0.415 e. The van der Waals surface area contributed by atoms with Crippen LogP contribution in [0.1, 0.15) is 17.9 Å². The van der Waals surface area contributed by atoms with Crippen molar-refractivity contribution >= 4 is 0 Å². The van der Waals surface area contributed by atoms with Crippen LogP contribution in [0.25, 0.3) is 22.7 Å². The molecule has 0 aliphatic heterocycles. The molecule has 11 heteroatoms. The summed E-state index contributed by atoms with van der Waals surface area (Å²) in [6, 6.07) is 6.81. The maximum Gasteiger partial charge on any atom is 0.314 e. The summed E-state index contributed by atoms with van der Waals surface area (Å²) >= 11 is 0. The van der Waals surface area contributed by atoms with E-state index in [1.807, 2.05) is 0 Å². The lowest BCUT2D eigenvalue weighted by Crippen LogP contribution is -2.03. The number of aromatic nitrogens is 6. The zero-order valence-electron chi connectivity index (χ0n) is 13.9. The van der Waals surface area contributed by atoms with Crippen LogP contribution in [0, 0.1) is 11.8 Å². The molecule has 0 N–H and O–H groups in total. The lowest BCUT2D eigenvalue weighted by Gasteiger charge is -2.04. The predicted molar refractivity (Wildman–Crippen MR) is 87.0 cm³/mol. The van der Waals surface area contributed by atoms with Crippen LogP contribution in [0.2, 0.25) is 0 Å². The van der Waals surface area contributed by atoms with Crippen LogP contribution in [-0.4, -0.2) is 30.2 Å². The van der Waals surface area contributed by atoms with Crippen LogP contribution in [0.5, 0.6) is 0 Å². The van der Waals surface area contributed by atoms with Crippen molar-refractivity contribution in [1.29, 1.82) is 0 Å². The summed E-state index contributed by atoms with van der Waals surface area (Å²) in [6.07, 6.45) is -0.0607. The van der Waals surface area contributed by atoms with Gasteiger partial charge < -0.3 is 4.42 Å². The zero-order chi connectivity index (χ0) is 19.7. The third kappa shape index (κ3) is 3.59. The average molecular weight is 390 g/mol. The number of alkyl halides is 2. The van der Waals surface area contributed by atoms with E-state index < -0.39 is 24.1 Å². The second-order valence-electron chi connectivity index (χ2n) is 5.72. The van der Waals surface area contributed by atoms with Crippen LogP contribution >= 0.6 is 0 Å². The zero-order valence-corrected chi connectivity index (χ0v) is 13.9. The summed E-state index contributed by atoms with van der Waals surface area (Å²) < 4.78 is 58.8. The Morgan fingerprint density at radius 1 is 1.00 bits per heavy atom. The van der Waals surface area contributed by atoms with Gasteiger partial charge in [0.1, 0.15) is 11.5 Å². The lowest BCUT2D eigenvalue weighted by atomic mass is 10.1. The maximum absolute atomic E-state index is 14.4. The molecule has 28 heavy (non-hydrogen) atoms. The highest BCUT2D eigenvalue weighted by Gasteiger charge is 2.18. The smallest absolute Gasteiger partial charge is 0.314 e. The van der Waals surface area contributed by atoms with E-state index in [1.165, 1.54) is 35.3 Å². The lowest BCUT2D eigenvalue weighted by molar-refractivity contribution is 0.116. The summed E-state index contributed by atoms with van der Waals surface area (Å²) in [6.45, 7) is 0.0544. The van der Waals surface area contributed by atoms with Crippen LogP contribution in [-0.2, 0) is 6.54 Å². The van der Waals surface area contributed by atoms with E-state index in [1.54, 1.807) is 6.07 Å². The van der Waals surface area contributed by atoms with Crippen molar-refractivity contribution in [3.8, 4) is 22.7 Å². The van der Waals surface area contributed by atoms with Gasteiger partial charge in [-0.25, -0.2) is 14.1 Å². The molecule has 3 aromatic heterocycles. The second-order valence-corrected chi connectivity index (χ2v) is 5.72. The summed E-state index contributed by atoms with van der Waals surface area (Å²) in [4.78, 5) is 3.47. The quantitative estimate of drug-likeness (QED) is 0.382. The molecule has 0 unspecified atom stereocenters. The van der Waals surface area contributed by atoms with Crippen molar-refractivity contribution in [1.82, 2.24) is 30.2 Å². The fourth-order valence-corrected chi connectivity index (χ4v) is 2.49. The summed E-state index contributed by atoms with van der Waals surface area (Å²) in [5.74, 6) is -2.29. The molecule has 7 nitrogen and oxygen atoms in total. The monoisotopic (exact) mass is 390 g/mol. The molecule has 0 saturated carbocycles. The van der Waals surface area contributed by atoms with Crippen LogP contribution in [0.4, 0.5) is 17.6 Å². The molecule has 0 amide bonds. The molecule has 1 aromatic carbocycles. The number of rotatable bonds is 5. The van der Waals surface area contributed by atoms with E-state index in [4.69, 9.17) is 4.42 Å². The summed E-state index contributed by atoms with van der Waals surface area (Å²) in [5, 5.41) is 14.5. The molecule has 0 fully saturated rings. The van der Waals surface area contributed by atoms with Gasteiger partial charge >= 0.3 is 6.43 Å². The number of hydrogen-bond acceptors (Lipinski definition) is 6. The fraction of sp³-hybridized carbons (Fsp3) is 0.118. The first-order chi connectivity index (χ1) is 13.5. The van der Waals surface area contributed by atoms with Crippen molar-refractivity contribution in [2.45, 2.75) is 13.0 Å². The van der Waals surface area contributed by atoms with Crippen molar-refractivity contribution < 1.29 is 22.0 Å². The minimum absolute atomic E-state index is 0.0544. The Morgan fingerprint density at radius 2 is 1.86 bits per heavy atom. The Kier molecular flexibility index (Phi) is 4.55. The van der Waals surface area contributed by atoms with Gasteiger partial charge in [0.15, 0.2) is 0 Å². The first kappa shape index (κ1) is 17.8. The Bertz CT molecular complexity index is 1130. The highest BCUT2D eigenvalue weighted by atomic mass is 19.3. The van der Waals surface area contributed by atoms with E-state index >= 15 is 0 Å². The van der Waals surface area contributed by atoms with Crippen molar-refractivity contribution in [2.75, 3.05) is 0 Å².